The lowest BCUT2D eigenvalue weighted by molar-refractivity contribution is 0.0987. The monoisotopic (exact) mass is 423 g/mol. The molecule has 1 aromatic heterocycles. The van der Waals surface area contributed by atoms with Gasteiger partial charge in [0.15, 0.2) is 10.1 Å². The maximum atomic E-state index is 11.6. The van der Waals surface area contributed by atoms with Gasteiger partial charge in [-0.2, -0.15) is 0 Å². The normalized spacial score (nSPS) is 17.4. The van der Waals surface area contributed by atoms with Gasteiger partial charge in [0.05, 0.1) is 12.2 Å². The first-order chi connectivity index (χ1) is 13.6. The number of Topliss-reactive ketones (excluding diaryl/α,β-unsaturated/α-hetero) is 1. The summed E-state index contributed by atoms with van der Waals surface area (Å²) in [6, 6.07) is 6.99. The smallest absolute Gasteiger partial charge is 0.206 e. The van der Waals surface area contributed by atoms with Gasteiger partial charge in [0.2, 0.25) is 5.13 Å². The highest BCUT2D eigenvalue weighted by molar-refractivity contribution is 8.01. The Balaban J connectivity index is 1.36. The van der Waals surface area contributed by atoms with Crippen LogP contribution in [0.25, 0.3) is 0 Å². The molecule has 9 heteroatoms. The van der Waals surface area contributed by atoms with Gasteiger partial charge in [-0.25, -0.2) is 0 Å². The van der Waals surface area contributed by atoms with Gasteiger partial charge in [0, 0.05) is 30.9 Å². The fourth-order valence-electron chi connectivity index (χ4n) is 2.70. The van der Waals surface area contributed by atoms with E-state index in [2.05, 4.69) is 15.5 Å². The topological polar surface area (TPSA) is 93.6 Å². The summed E-state index contributed by atoms with van der Waals surface area (Å²) in [5, 5.41) is 22.4. The first-order valence-electron chi connectivity index (χ1n) is 9.40. The molecule has 2 N–H and O–H groups in total. The van der Waals surface area contributed by atoms with E-state index in [0.29, 0.717) is 23.5 Å². The first-order valence-corrected chi connectivity index (χ1v) is 11.2. The molecule has 1 aliphatic rings. The molecule has 2 atom stereocenters. The predicted molar refractivity (Wildman–Crippen MR) is 111 cm³/mol. The molecular weight excluding hydrogens is 398 g/mol. The highest BCUT2D eigenvalue weighted by atomic mass is 32.2. The van der Waals surface area contributed by atoms with E-state index in [1.165, 1.54) is 23.1 Å². The van der Waals surface area contributed by atoms with Crippen molar-refractivity contribution in [3.8, 4) is 5.75 Å². The quantitative estimate of drug-likeness (QED) is 0.420. The molecule has 1 aliphatic heterocycles. The summed E-state index contributed by atoms with van der Waals surface area (Å²) >= 11 is 2.92. The van der Waals surface area contributed by atoms with Crippen molar-refractivity contribution in [2.45, 2.75) is 42.7 Å². The molecule has 152 valence electrons. The number of rotatable bonds is 11. The number of thioether (sulfide) groups is 1. The lowest BCUT2D eigenvalue weighted by atomic mass is 10.1. The second-order valence-corrected chi connectivity index (χ2v) is 8.71. The van der Waals surface area contributed by atoms with Crippen molar-refractivity contribution >= 4 is 34.0 Å². The molecule has 1 fully saturated rings. The molecule has 28 heavy (non-hydrogen) atoms. The molecule has 2 aromatic rings. The molecule has 1 aromatic carbocycles. The van der Waals surface area contributed by atoms with Gasteiger partial charge in [0.1, 0.15) is 12.4 Å². The lowest BCUT2D eigenvalue weighted by Gasteiger charge is -2.11. The molecule has 0 radical (unpaired) electrons. The van der Waals surface area contributed by atoms with Crippen molar-refractivity contribution in [1.29, 1.82) is 0 Å². The Morgan fingerprint density at radius 3 is 2.96 bits per heavy atom. The maximum absolute atomic E-state index is 11.6. The summed E-state index contributed by atoms with van der Waals surface area (Å²) in [7, 11) is 0. The molecule has 7 nitrogen and oxygen atoms in total. The van der Waals surface area contributed by atoms with Gasteiger partial charge in [-0.3, -0.25) is 4.79 Å². The Hall–Kier alpha value is -1.68. The summed E-state index contributed by atoms with van der Waals surface area (Å²) in [4.78, 5) is 11.6. The number of ether oxygens (including phenoxy) is 2. The van der Waals surface area contributed by atoms with Crippen LogP contribution in [0.5, 0.6) is 5.75 Å². The van der Waals surface area contributed by atoms with E-state index in [-0.39, 0.29) is 18.5 Å². The van der Waals surface area contributed by atoms with E-state index in [0.717, 1.165) is 35.5 Å². The van der Waals surface area contributed by atoms with Crippen LogP contribution in [0, 0.1) is 0 Å². The number of aromatic nitrogens is 2. The number of aliphatic hydroxyl groups excluding tert-OH is 1. The van der Waals surface area contributed by atoms with Gasteiger partial charge in [-0.1, -0.05) is 30.0 Å². The fraction of sp³-hybridized carbons (Fsp3) is 0.526. The molecule has 0 spiro atoms. The number of hydrogen-bond donors (Lipinski definition) is 2. The third-order valence-corrected chi connectivity index (χ3v) is 6.41. The third-order valence-electron chi connectivity index (χ3n) is 4.25. The molecule has 0 amide bonds. The van der Waals surface area contributed by atoms with Gasteiger partial charge >= 0.3 is 0 Å². The van der Waals surface area contributed by atoms with E-state index >= 15 is 0 Å². The molecule has 3 rings (SSSR count). The van der Waals surface area contributed by atoms with Gasteiger partial charge in [-0.15, -0.1) is 10.2 Å². The number of nitrogens with one attached hydrogen (secondary N) is 1. The van der Waals surface area contributed by atoms with Crippen molar-refractivity contribution < 1.29 is 19.4 Å². The van der Waals surface area contributed by atoms with E-state index in [4.69, 9.17) is 9.47 Å². The average molecular weight is 424 g/mol. The Morgan fingerprint density at radius 2 is 2.25 bits per heavy atom. The Morgan fingerprint density at radius 1 is 1.43 bits per heavy atom. The molecule has 0 aliphatic carbocycles. The number of aliphatic hydroxyl groups is 1. The summed E-state index contributed by atoms with van der Waals surface area (Å²) in [5.74, 6) is 1.20. The predicted octanol–water partition coefficient (Wildman–Crippen LogP) is 3.25. The van der Waals surface area contributed by atoms with Crippen LogP contribution in [-0.2, 0) is 4.74 Å². The SMILES string of the molecule is CCC(=O)c1ccc(OCC(O)CSc2nnc(NCC3CCCO3)s2)cc1. The Bertz CT molecular complexity index is 748. The average Bonchev–Trinajstić information content (AvgIpc) is 3.40. The van der Waals surface area contributed by atoms with Gasteiger partial charge in [-0.05, 0) is 37.1 Å². The van der Waals surface area contributed by atoms with E-state index < -0.39 is 6.10 Å². The summed E-state index contributed by atoms with van der Waals surface area (Å²) in [6.07, 6.45) is 2.30. The van der Waals surface area contributed by atoms with Crippen LogP contribution in [0.2, 0.25) is 0 Å². The van der Waals surface area contributed by atoms with E-state index in [9.17, 15) is 9.90 Å². The number of carbonyl (C=O) groups is 1. The van der Waals surface area contributed by atoms with Crippen LogP contribution in [-0.4, -0.2) is 58.8 Å². The van der Waals surface area contributed by atoms with Crippen molar-refractivity contribution in [1.82, 2.24) is 10.2 Å². The van der Waals surface area contributed by atoms with Gasteiger partial charge in [0.25, 0.3) is 0 Å². The number of benzene rings is 1. The minimum Gasteiger partial charge on any atom is -0.491 e. The van der Waals surface area contributed by atoms with Crippen LogP contribution < -0.4 is 10.1 Å². The largest absolute Gasteiger partial charge is 0.491 e. The van der Waals surface area contributed by atoms with Crippen molar-refractivity contribution in [3.63, 3.8) is 0 Å². The molecule has 1 saturated heterocycles. The second kappa shape index (κ2) is 10.8. The van der Waals surface area contributed by atoms with Crippen molar-refractivity contribution in [2.75, 3.05) is 30.8 Å². The maximum Gasteiger partial charge on any atom is 0.206 e. The number of nitrogens with zero attached hydrogens (tertiary/aromatic N) is 2. The van der Waals surface area contributed by atoms with Crippen LogP contribution in [0.1, 0.15) is 36.5 Å². The Kier molecular flexibility index (Phi) is 8.08. The van der Waals surface area contributed by atoms with Crippen molar-refractivity contribution in [2.24, 2.45) is 0 Å². The van der Waals surface area contributed by atoms with Crippen molar-refractivity contribution in [3.05, 3.63) is 29.8 Å². The first kappa shape index (κ1) is 21.0. The number of anilines is 1. The zero-order valence-electron chi connectivity index (χ0n) is 15.8. The number of hydrogen-bond acceptors (Lipinski definition) is 9. The highest BCUT2D eigenvalue weighted by Crippen LogP contribution is 2.26. The summed E-state index contributed by atoms with van der Waals surface area (Å²) in [5.41, 5.74) is 0.672. The minimum absolute atomic E-state index is 0.102. The van der Waals surface area contributed by atoms with E-state index in [1.807, 2.05) is 6.92 Å². The second-order valence-electron chi connectivity index (χ2n) is 6.47. The minimum atomic E-state index is -0.630. The lowest BCUT2D eigenvalue weighted by Crippen LogP contribution is -2.20. The zero-order valence-corrected chi connectivity index (χ0v) is 17.4. The summed E-state index contributed by atoms with van der Waals surface area (Å²) in [6.45, 7) is 3.60. The van der Waals surface area contributed by atoms with Crippen LogP contribution in [0.15, 0.2) is 28.6 Å². The Labute approximate surface area is 172 Å². The third kappa shape index (κ3) is 6.44. The molecule has 2 unspecified atom stereocenters. The molecular formula is C19H25N3O4S2. The van der Waals surface area contributed by atoms with Crippen LogP contribution in [0.3, 0.4) is 0 Å². The van der Waals surface area contributed by atoms with E-state index in [1.54, 1.807) is 24.3 Å². The number of carbonyl (C=O) groups excluding carboxylic acids is 1. The van der Waals surface area contributed by atoms with Gasteiger partial charge < -0.3 is 19.9 Å². The zero-order chi connectivity index (χ0) is 19.8. The highest BCUT2D eigenvalue weighted by Gasteiger charge is 2.16. The standard InChI is InChI=1S/C19H25N3O4S2/c1-2-17(24)13-5-7-15(8-6-13)26-11-14(23)12-27-19-22-21-18(28-19)20-10-16-4-3-9-25-16/h5-8,14,16,23H,2-4,9-12H2,1H3,(H,20,21). The fourth-order valence-corrected chi connectivity index (χ4v) is 4.39. The molecule has 2 heterocycles. The molecule has 0 bridgehead atoms. The van der Waals surface area contributed by atoms with Crippen LogP contribution in [0.4, 0.5) is 5.13 Å². The summed E-state index contributed by atoms with van der Waals surface area (Å²) < 4.78 is 12.0. The number of ketones is 1. The van der Waals surface area contributed by atoms with Crippen LogP contribution >= 0.6 is 23.1 Å². The molecule has 0 saturated carbocycles.